The Hall–Kier alpha value is -5.65. The first-order valence-corrected chi connectivity index (χ1v) is 18.9. The van der Waals surface area contributed by atoms with Crippen LogP contribution in [-0.4, -0.2) is 32.2 Å². The number of aromatic nitrogens is 1. The average molecular weight is 719 g/mol. The lowest BCUT2D eigenvalue weighted by atomic mass is 9.69. The number of allylic oxidation sites excluding steroid dienone is 5. The van der Waals surface area contributed by atoms with Crippen LogP contribution in [0.25, 0.3) is 43.9 Å². The number of hydrogen-bond acceptors (Lipinski definition) is 7. The molecule has 0 atom stereocenters. The third kappa shape index (κ3) is 6.40. The highest BCUT2D eigenvalue weighted by atomic mass is 32.1. The Morgan fingerprint density at radius 2 is 1.62 bits per heavy atom. The summed E-state index contributed by atoms with van der Waals surface area (Å²) in [5.41, 5.74) is 8.40. The second kappa shape index (κ2) is 13.1. The summed E-state index contributed by atoms with van der Waals surface area (Å²) in [4.78, 5) is 27.0. The van der Waals surface area contributed by atoms with Gasteiger partial charge in [0.25, 0.3) is 0 Å². The minimum absolute atomic E-state index is 0.00629. The largest absolute Gasteiger partial charge is 0.457 e. The van der Waals surface area contributed by atoms with Crippen molar-refractivity contribution < 1.29 is 9.15 Å². The van der Waals surface area contributed by atoms with Crippen molar-refractivity contribution in [2.75, 3.05) is 37.0 Å². The number of benzene rings is 3. The van der Waals surface area contributed by atoms with Crippen LogP contribution in [0.1, 0.15) is 67.8 Å². The second-order valence-electron chi connectivity index (χ2n) is 15.6. The summed E-state index contributed by atoms with van der Waals surface area (Å²) >= 11 is 1.49. The smallest absolute Gasteiger partial charge is 0.343 e. The molecule has 8 heteroatoms. The highest BCUT2D eigenvalue weighted by Gasteiger charge is 2.42. The maximum Gasteiger partial charge on any atom is 0.343 e. The Bertz CT molecular complexity index is 2520. The molecule has 0 saturated heterocycles. The molecule has 0 saturated carbocycles. The average Bonchev–Trinajstić information content (AvgIpc) is 3.56. The third-order valence-electron chi connectivity index (χ3n) is 10.7. The summed E-state index contributed by atoms with van der Waals surface area (Å²) < 4.78 is 13.6. The maximum absolute atomic E-state index is 13.7. The number of ether oxygens (including phenoxy) is 1. The van der Waals surface area contributed by atoms with E-state index in [0.717, 1.165) is 58.3 Å². The van der Waals surface area contributed by atoms with Gasteiger partial charge in [0.15, 0.2) is 0 Å². The molecule has 0 spiro atoms. The van der Waals surface area contributed by atoms with Gasteiger partial charge in [0.05, 0.1) is 22.4 Å². The molecule has 8 rings (SSSR count). The summed E-state index contributed by atoms with van der Waals surface area (Å²) in [5, 5.41) is 1.57. The van der Waals surface area contributed by atoms with Gasteiger partial charge in [-0.15, -0.1) is 11.3 Å². The standard InChI is InChI=1S/C45H42N4O3S/c1-44(2)20-22-49-23-21-45(3,4)38-40(49)35(44)27-31-24-29(43(50)52-41(31)38)15-19-34-26-30(39(46-5)42-47-36-10-8-9-11-37(36)53-42)25-33(51-34)18-14-28-12-16-32(17-13-28)48(6)7/h8-19,24-27H,20-23H2,1-4,6-7H3. The van der Waals surface area contributed by atoms with E-state index in [-0.39, 0.29) is 10.8 Å². The van der Waals surface area contributed by atoms with Crippen molar-refractivity contribution >= 4 is 61.7 Å². The quantitative estimate of drug-likeness (QED) is 0.129. The zero-order valence-corrected chi connectivity index (χ0v) is 31.8. The topological polar surface area (TPSA) is 63.2 Å². The van der Waals surface area contributed by atoms with E-state index in [1.807, 2.05) is 68.7 Å². The van der Waals surface area contributed by atoms with Crippen LogP contribution >= 0.6 is 11.3 Å². The van der Waals surface area contributed by atoms with Crippen LogP contribution < -0.4 is 15.4 Å². The number of rotatable bonds is 6. The number of fused-ring (bicyclic) bond motifs is 3. The van der Waals surface area contributed by atoms with Crippen LogP contribution in [0, 0.1) is 6.57 Å². The minimum atomic E-state index is -0.395. The molecule has 3 aliphatic rings. The number of hydrogen-bond donors (Lipinski definition) is 0. The molecular weight excluding hydrogens is 677 g/mol. The van der Waals surface area contributed by atoms with Crippen molar-refractivity contribution in [2.45, 2.75) is 51.4 Å². The van der Waals surface area contributed by atoms with Gasteiger partial charge in [0.1, 0.15) is 22.1 Å². The predicted molar refractivity (Wildman–Crippen MR) is 219 cm³/mol. The van der Waals surface area contributed by atoms with E-state index in [0.29, 0.717) is 38.9 Å². The van der Waals surface area contributed by atoms with E-state index in [9.17, 15) is 4.79 Å². The fraction of sp³-hybridized carbons (Fsp3) is 0.267. The number of anilines is 2. The van der Waals surface area contributed by atoms with Crippen LogP contribution in [0.3, 0.4) is 0 Å². The molecule has 5 heterocycles. The van der Waals surface area contributed by atoms with Crippen LogP contribution in [0.2, 0.25) is 0 Å². The van der Waals surface area contributed by atoms with Gasteiger partial charge in [-0.25, -0.2) is 14.6 Å². The van der Waals surface area contributed by atoms with Crippen molar-refractivity contribution in [1.29, 1.82) is 0 Å². The van der Waals surface area contributed by atoms with Crippen molar-refractivity contribution in [3.8, 4) is 0 Å². The van der Waals surface area contributed by atoms with E-state index in [4.69, 9.17) is 20.7 Å². The molecule has 5 aromatic rings. The molecular formula is C45H42N4O3S. The molecule has 0 unspecified atom stereocenters. The molecule has 0 fully saturated rings. The van der Waals surface area contributed by atoms with E-state index >= 15 is 0 Å². The number of thiazole rings is 1. The normalized spacial score (nSPS) is 18.5. The SMILES string of the molecule is [C-]#[N+]C(=C1C=C(C=Cc2ccc(N(C)C)cc2)OC(C=Cc2cc3cc4c5c(c3oc2=O)C(C)(C)CCN5CCC4(C)C)=C1)c1nc2ccccc2s1. The third-order valence-corrected chi connectivity index (χ3v) is 11.8. The fourth-order valence-corrected chi connectivity index (χ4v) is 8.55. The van der Waals surface area contributed by atoms with Gasteiger partial charge in [-0.2, -0.15) is 0 Å². The van der Waals surface area contributed by atoms with Crippen LogP contribution in [0.15, 0.2) is 111 Å². The van der Waals surface area contributed by atoms with Crippen LogP contribution in [0.5, 0.6) is 0 Å². The van der Waals surface area contributed by atoms with Gasteiger partial charge < -0.3 is 19.0 Å². The number of nitrogens with zero attached hydrogens (tertiary/aromatic N) is 4. The van der Waals surface area contributed by atoms with Gasteiger partial charge in [0, 0.05) is 49.5 Å². The molecule has 3 aromatic carbocycles. The van der Waals surface area contributed by atoms with Crippen molar-refractivity contribution in [1.82, 2.24) is 4.98 Å². The summed E-state index contributed by atoms with van der Waals surface area (Å²) in [6.45, 7) is 19.3. The Labute approximate surface area is 314 Å². The van der Waals surface area contributed by atoms with E-state index < -0.39 is 5.63 Å². The lowest BCUT2D eigenvalue weighted by molar-refractivity contribution is 0.332. The predicted octanol–water partition coefficient (Wildman–Crippen LogP) is 10.5. The molecule has 3 aliphatic heterocycles. The lowest BCUT2D eigenvalue weighted by Crippen LogP contribution is -2.44. The first-order valence-electron chi connectivity index (χ1n) is 18.0. The monoisotopic (exact) mass is 718 g/mol. The van der Waals surface area contributed by atoms with Crippen molar-refractivity contribution in [2.24, 2.45) is 0 Å². The van der Waals surface area contributed by atoms with E-state index in [1.54, 1.807) is 12.2 Å². The summed E-state index contributed by atoms with van der Waals surface area (Å²) in [7, 11) is 4.03. The fourth-order valence-electron chi connectivity index (χ4n) is 7.57. The van der Waals surface area contributed by atoms with Crippen molar-refractivity contribution in [3.63, 3.8) is 0 Å². The molecule has 53 heavy (non-hydrogen) atoms. The first-order chi connectivity index (χ1) is 25.4. The Balaban J connectivity index is 1.20. The van der Waals surface area contributed by atoms with Gasteiger partial charge in [-0.3, -0.25) is 0 Å². The molecule has 0 radical (unpaired) electrons. The van der Waals surface area contributed by atoms with Gasteiger partial charge in [-0.05, 0) is 107 Å². The molecule has 0 N–H and O–H groups in total. The van der Waals surface area contributed by atoms with E-state index in [2.05, 4.69) is 72.7 Å². The van der Waals surface area contributed by atoms with E-state index in [1.165, 1.54) is 22.6 Å². The Morgan fingerprint density at radius 3 is 2.32 bits per heavy atom. The van der Waals surface area contributed by atoms with Crippen LogP contribution in [-0.2, 0) is 15.6 Å². The molecule has 0 amide bonds. The van der Waals surface area contributed by atoms with Crippen LogP contribution in [0.4, 0.5) is 11.4 Å². The number of para-hydroxylation sites is 1. The van der Waals surface area contributed by atoms with Gasteiger partial charge >= 0.3 is 5.63 Å². The molecule has 266 valence electrons. The molecule has 0 aliphatic carbocycles. The molecule has 0 bridgehead atoms. The minimum Gasteiger partial charge on any atom is -0.457 e. The highest BCUT2D eigenvalue weighted by molar-refractivity contribution is 7.19. The zero-order chi connectivity index (χ0) is 37.1. The van der Waals surface area contributed by atoms with Gasteiger partial charge in [0.2, 0.25) is 5.70 Å². The summed E-state index contributed by atoms with van der Waals surface area (Å²) in [5.74, 6) is 1.05. The maximum atomic E-state index is 13.7. The van der Waals surface area contributed by atoms with Crippen molar-refractivity contribution in [3.05, 3.63) is 151 Å². The highest BCUT2D eigenvalue weighted by Crippen LogP contribution is 2.51. The Kier molecular flexibility index (Phi) is 8.50. The summed E-state index contributed by atoms with van der Waals surface area (Å²) in [6.07, 6.45) is 13.2. The van der Waals surface area contributed by atoms with Gasteiger partial charge in [-0.1, -0.05) is 58.0 Å². The second-order valence-corrected chi connectivity index (χ2v) is 16.6. The zero-order valence-electron chi connectivity index (χ0n) is 31.0. The Morgan fingerprint density at radius 1 is 0.925 bits per heavy atom. The molecule has 2 aromatic heterocycles. The lowest BCUT2D eigenvalue weighted by Gasteiger charge is -2.48. The molecule has 7 nitrogen and oxygen atoms in total. The first kappa shape index (κ1) is 34.4. The summed E-state index contributed by atoms with van der Waals surface area (Å²) in [6, 6.07) is 20.3.